The lowest BCUT2D eigenvalue weighted by Gasteiger charge is -2.11. The number of nitrogens with zero attached hydrogens (tertiary/aromatic N) is 1. The molecular formula is C12H19N3O3. The fraction of sp³-hybridized carbons (Fsp3) is 0.500. The highest BCUT2D eigenvalue weighted by Crippen LogP contribution is 2.08. The van der Waals surface area contributed by atoms with Crippen molar-refractivity contribution in [1.82, 2.24) is 10.3 Å². The molecule has 18 heavy (non-hydrogen) atoms. The van der Waals surface area contributed by atoms with Gasteiger partial charge in [0.05, 0.1) is 13.2 Å². The van der Waals surface area contributed by atoms with Gasteiger partial charge in [-0.1, -0.05) is 0 Å². The predicted octanol–water partition coefficient (Wildman–Crippen LogP) is 0.0702. The number of amides is 1. The molecule has 0 spiro atoms. The van der Waals surface area contributed by atoms with Gasteiger partial charge in [0.15, 0.2) is 0 Å². The van der Waals surface area contributed by atoms with Crippen molar-refractivity contribution in [2.45, 2.75) is 19.0 Å². The van der Waals surface area contributed by atoms with Gasteiger partial charge in [0.2, 0.25) is 11.8 Å². The van der Waals surface area contributed by atoms with Crippen LogP contribution in [0.4, 0.5) is 0 Å². The van der Waals surface area contributed by atoms with Crippen LogP contribution < -0.4 is 15.8 Å². The van der Waals surface area contributed by atoms with E-state index < -0.39 is 6.04 Å². The molecule has 1 amide bonds. The molecule has 100 valence electrons. The predicted molar refractivity (Wildman–Crippen MR) is 67.1 cm³/mol. The second-order valence-electron chi connectivity index (χ2n) is 3.81. The number of carbonyl (C=O) groups is 1. The van der Waals surface area contributed by atoms with Crippen LogP contribution in [0.25, 0.3) is 0 Å². The zero-order chi connectivity index (χ0) is 13.4. The fourth-order valence-electron chi connectivity index (χ4n) is 1.37. The van der Waals surface area contributed by atoms with Crippen molar-refractivity contribution >= 4 is 5.91 Å². The van der Waals surface area contributed by atoms with E-state index >= 15 is 0 Å². The lowest BCUT2D eigenvalue weighted by molar-refractivity contribution is -0.122. The summed E-state index contributed by atoms with van der Waals surface area (Å²) >= 11 is 0. The van der Waals surface area contributed by atoms with Crippen LogP contribution in [0.1, 0.15) is 12.0 Å². The third-order valence-electron chi connectivity index (χ3n) is 2.44. The topological polar surface area (TPSA) is 86.5 Å². The molecule has 6 nitrogen and oxygen atoms in total. The van der Waals surface area contributed by atoms with Crippen LogP contribution in [-0.4, -0.2) is 37.8 Å². The molecule has 0 aliphatic carbocycles. The van der Waals surface area contributed by atoms with Crippen molar-refractivity contribution < 1.29 is 14.3 Å². The number of methoxy groups -OCH3 is 2. The van der Waals surface area contributed by atoms with Crippen molar-refractivity contribution in [3.05, 3.63) is 23.9 Å². The Kier molecular flexibility index (Phi) is 6.10. The van der Waals surface area contributed by atoms with Crippen LogP contribution in [0.2, 0.25) is 0 Å². The number of rotatable bonds is 7. The zero-order valence-corrected chi connectivity index (χ0v) is 10.7. The number of pyridine rings is 1. The van der Waals surface area contributed by atoms with Gasteiger partial charge in [0.1, 0.15) is 0 Å². The summed E-state index contributed by atoms with van der Waals surface area (Å²) in [5.74, 6) is 0.327. The largest absolute Gasteiger partial charge is 0.481 e. The Morgan fingerprint density at radius 2 is 2.33 bits per heavy atom. The van der Waals surface area contributed by atoms with Gasteiger partial charge < -0.3 is 20.5 Å². The van der Waals surface area contributed by atoms with Crippen molar-refractivity contribution in [1.29, 1.82) is 0 Å². The zero-order valence-electron chi connectivity index (χ0n) is 10.7. The van der Waals surface area contributed by atoms with Crippen LogP contribution in [0, 0.1) is 0 Å². The Hall–Kier alpha value is -1.66. The second-order valence-corrected chi connectivity index (χ2v) is 3.81. The van der Waals surface area contributed by atoms with Gasteiger partial charge in [-0.15, -0.1) is 0 Å². The van der Waals surface area contributed by atoms with Crippen LogP contribution in [0.15, 0.2) is 18.3 Å². The van der Waals surface area contributed by atoms with E-state index in [1.54, 1.807) is 26.5 Å². The Balaban J connectivity index is 2.41. The maximum absolute atomic E-state index is 11.6. The minimum atomic E-state index is -0.548. The number of hydrogen-bond acceptors (Lipinski definition) is 5. The standard InChI is InChI=1S/C12H19N3O3/c1-17-6-4-10(13)12(16)15-8-9-3-5-14-11(7-9)18-2/h3,5,7,10H,4,6,8,13H2,1-2H3,(H,15,16). The Morgan fingerprint density at radius 1 is 1.56 bits per heavy atom. The molecule has 1 rings (SSSR count). The number of hydrogen-bond donors (Lipinski definition) is 2. The lowest BCUT2D eigenvalue weighted by atomic mass is 10.2. The minimum absolute atomic E-state index is 0.192. The summed E-state index contributed by atoms with van der Waals surface area (Å²) in [6.07, 6.45) is 2.13. The molecule has 1 heterocycles. The van der Waals surface area contributed by atoms with E-state index in [-0.39, 0.29) is 5.91 Å². The lowest BCUT2D eigenvalue weighted by Crippen LogP contribution is -2.40. The van der Waals surface area contributed by atoms with Crippen molar-refractivity contribution in [3.63, 3.8) is 0 Å². The average molecular weight is 253 g/mol. The molecule has 1 aromatic heterocycles. The first-order chi connectivity index (χ1) is 8.67. The molecule has 1 unspecified atom stereocenters. The minimum Gasteiger partial charge on any atom is -0.481 e. The number of nitrogens with two attached hydrogens (primary N) is 1. The van der Waals surface area contributed by atoms with Gasteiger partial charge in [-0.3, -0.25) is 4.79 Å². The van der Waals surface area contributed by atoms with Gasteiger partial charge in [-0.05, 0) is 18.1 Å². The summed E-state index contributed by atoms with van der Waals surface area (Å²) in [5, 5.41) is 2.76. The quantitative estimate of drug-likeness (QED) is 0.718. The van der Waals surface area contributed by atoms with Crippen LogP contribution in [0.5, 0.6) is 5.88 Å². The molecule has 0 bridgehead atoms. The maximum Gasteiger partial charge on any atom is 0.237 e. The summed E-state index contributed by atoms with van der Waals surface area (Å²) in [6, 6.07) is 3.03. The second kappa shape index (κ2) is 7.62. The fourth-order valence-corrected chi connectivity index (χ4v) is 1.37. The molecule has 1 atom stereocenters. The molecule has 0 radical (unpaired) electrons. The van der Waals surface area contributed by atoms with Crippen LogP contribution in [-0.2, 0) is 16.1 Å². The highest BCUT2D eigenvalue weighted by atomic mass is 16.5. The molecule has 0 fully saturated rings. The van der Waals surface area contributed by atoms with E-state index in [0.29, 0.717) is 25.5 Å². The van der Waals surface area contributed by atoms with Gasteiger partial charge in [-0.2, -0.15) is 0 Å². The van der Waals surface area contributed by atoms with Gasteiger partial charge >= 0.3 is 0 Å². The van der Waals surface area contributed by atoms with Crippen LogP contribution >= 0.6 is 0 Å². The van der Waals surface area contributed by atoms with E-state index in [4.69, 9.17) is 15.2 Å². The first kappa shape index (κ1) is 14.4. The number of nitrogens with one attached hydrogen (secondary N) is 1. The monoisotopic (exact) mass is 253 g/mol. The molecular weight excluding hydrogens is 234 g/mol. The third kappa shape index (κ3) is 4.68. The molecule has 1 aromatic rings. The highest BCUT2D eigenvalue weighted by Gasteiger charge is 2.12. The summed E-state index contributed by atoms with van der Waals surface area (Å²) in [7, 11) is 3.12. The van der Waals surface area contributed by atoms with Crippen molar-refractivity contribution in [3.8, 4) is 5.88 Å². The van der Waals surface area contributed by atoms with Gasteiger partial charge in [0, 0.05) is 32.5 Å². The smallest absolute Gasteiger partial charge is 0.237 e. The van der Waals surface area contributed by atoms with E-state index in [9.17, 15) is 4.79 Å². The molecule has 0 saturated heterocycles. The number of aromatic nitrogens is 1. The normalized spacial score (nSPS) is 11.9. The third-order valence-corrected chi connectivity index (χ3v) is 2.44. The molecule has 0 saturated carbocycles. The van der Waals surface area contributed by atoms with Crippen molar-refractivity contribution in [2.24, 2.45) is 5.73 Å². The number of carbonyl (C=O) groups excluding carboxylic acids is 1. The summed E-state index contributed by atoms with van der Waals surface area (Å²) in [5.41, 5.74) is 6.61. The molecule has 6 heteroatoms. The van der Waals surface area contributed by atoms with Gasteiger partial charge in [0.25, 0.3) is 0 Å². The molecule has 0 aliphatic heterocycles. The highest BCUT2D eigenvalue weighted by molar-refractivity contribution is 5.81. The summed E-state index contributed by atoms with van der Waals surface area (Å²) < 4.78 is 9.87. The van der Waals surface area contributed by atoms with E-state index in [1.807, 2.05) is 6.07 Å². The summed E-state index contributed by atoms with van der Waals surface area (Å²) in [6.45, 7) is 0.871. The van der Waals surface area contributed by atoms with E-state index in [1.165, 1.54) is 0 Å². The number of ether oxygens (including phenoxy) is 2. The van der Waals surface area contributed by atoms with E-state index in [0.717, 1.165) is 5.56 Å². The molecule has 0 aromatic carbocycles. The summed E-state index contributed by atoms with van der Waals surface area (Å²) in [4.78, 5) is 15.6. The van der Waals surface area contributed by atoms with Crippen molar-refractivity contribution in [2.75, 3.05) is 20.8 Å². The molecule has 0 aliphatic rings. The first-order valence-electron chi connectivity index (χ1n) is 5.68. The Morgan fingerprint density at radius 3 is 3.00 bits per heavy atom. The average Bonchev–Trinajstić information content (AvgIpc) is 2.42. The van der Waals surface area contributed by atoms with Crippen LogP contribution in [0.3, 0.4) is 0 Å². The maximum atomic E-state index is 11.6. The van der Waals surface area contributed by atoms with E-state index in [2.05, 4.69) is 10.3 Å². The molecule has 3 N–H and O–H groups in total. The Labute approximate surface area is 106 Å². The van der Waals surface area contributed by atoms with Gasteiger partial charge in [-0.25, -0.2) is 4.98 Å². The first-order valence-corrected chi connectivity index (χ1v) is 5.68. The SMILES string of the molecule is COCCC(N)C(=O)NCc1ccnc(OC)c1. The Bertz CT molecular complexity index is 385.